The van der Waals surface area contributed by atoms with Gasteiger partial charge in [-0.2, -0.15) is 0 Å². The quantitative estimate of drug-likeness (QED) is 0.778. The molecular formula is C24H27FN2O3. The van der Waals surface area contributed by atoms with Crippen LogP contribution < -0.4 is 0 Å². The van der Waals surface area contributed by atoms with Gasteiger partial charge in [-0.05, 0) is 48.1 Å². The molecule has 30 heavy (non-hydrogen) atoms. The molecule has 0 spiro atoms. The maximum absolute atomic E-state index is 13.8. The van der Waals surface area contributed by atoms with Crippen molar-refractivity contribution in [1.82, 2.24) is 9.80 Å². The van der Waals surface area contributed by atoms with Gasteiger partial charge in [0.1, 0.15) is 11.9 Å². The van der Waals surface area contributed by atoms with Gasteiger partial charge in [0.05, 0.1) is 5.92 Å². The molecule has 2 heterocycles. The molecule has 2 aromatic rings. The van der Waals surface area contributed by atoms with E-state index in [-0.39, 0.29) is 29.7 Å². The van der Waals surface area contributed by atoms with E-state index >= 15 is 0 Å². The van der Waals surface area contributed by atoms with Crippen LogP contribution in [0.5, 0.6) is 0 Å². The molecule has 2 aliphatic heterocycles. The van der Waals surface area contributed by atoms with Gasteiger partial charge >= 0.3 is 0 Å². The number of hydrogen-bond acceptors (Lipinski definition) is 3. The van der Waals surface area contributed by atoms with Crippen LogP contribution in [-0.4, -0.2) is 61.0 Å². The van der Waals surface area contributed by atoms with Crippen molar-refractivity contribution in [3.05, 3.63) is 59.9 Å². The lowest BCUT2D eigenvalue weighted by Crippen LogP contribution is -2.42. The molecule has 0 aliphatic carbocycles. The van der Waals surface area contributed by atoms with Gasteiger partial charge in [0.15, 0.2) is 0 Å². The summed E-state index contributed by atoms with van der Waals surface area (Å²) in [5.74, 6) is -0.621. The van der Waals surface area contributed by atoms with E-state index in [0.717, 1.165) is 29.5 Å². The first-order chi connectivity index (χ1) is 14.5. The number of benzene rings is 2. The largest absolute Gasteiger partial charge is 0.368 e. The van der Waals surface area contributed by atoms with Crippen LogP contribution in [0.3, 0.4) is 0 Å². The fraction of sp³-hybridized carbons (Fsp3) is 0.417. The van der Waals surface area contributed by atoms with Gasteiger partial charge in [0.25, 0.3) is 5.91 Å². The molecule has 0 bridgehead atoms. The molecule has 2 fully saturated rings. The van der Waals surface area contributed by atoms with E-state index in [4.69, 9.17) is 4.74 Å². The number of rotatable bonds is 4. The van der Waals surface area contributed by atoms with Crippen molar-refractivity contribution >= 4 is 11.8 Å². The molecular weight excluding hydrogens is 383 g/mol. The minimum Gasteiger partial charge on any atom is -0.368 e. The molecule has 0 unspecified atom stereocenters. The average molecular weight is 410 g/mol. The van der Waals surface area contributed by atoms with Crippen molar-refractivity contribution < 1.29 is 18.7 Å². The van der Waals surface area contributed by atoms with Gasteiger partial charge in [-0.25, -0.2) is 4.39 Å². The van der Waals surface area contributed by atoms with Gasteiger partial charge in [-0.1, -0.05) is 36.4 Å². The Morgan fingerprint density at radius 1 is 1.17 bits per heavy atom. The fourth-order valence-electron chi connectivity index (χ4n) is 4.36. The Balaban J connectivity index is 1.59. The van der Waals surface area contributed by atoms with Crippen molar-refractivity contribution in [3.8, 4) is 11.1 Å². The molecule has 2 amide bonds. The number of carbonyl (C=O) groups excluding carboxylic acids is 2. The SMILES string of the molecule is CN1CCN(C(=O)[C@@H]2CCCO2)C[C@@H](Cc2ccccc2-c2cccc(F)c2)C1=O. The minimum atomic E-state index is -0.385. The second kappa shape index (κ2) is 8.96. The molecule has 6 heteroatoms. The third-order valence-corrected chi connectivity index (χ3v) is 6.01. The second-order valence-electron chi connectivity index (χ2n) is 8.11. The van der Waals surface area contributed by atoms with Gasteiger partial charge < -0.3 is 14.5 Å². The summed E-state index contributed by atoms with van der Waals surface area (Å²) in [5.41, 5.74) is 2.67. The molecule has 158 valence electrons. The highest BCUT2D eigenvalue weighted by Crippen LogP contribution is 2.28. The molecule has 2 saturated heterocycles. The summed E-state index contributed by atoms with van der Waals surface area (Å²) >= 11 is 0. The number of ether oxygens (including phenoxy) is 1. The summed E-state index contributed by atoms with van der Waals surface area (Å²) in [7, 11) is 1.79. The van der Waals surface area contributed by atoms with Gasteiger partial charge in [0, 0.05) is 33.3 Å². The fourth-order valence-corrected chi connectivity index (χ4v) is 4.36. The van der Waals surface area contributed by atoms with E-state index < -0.39 is 0 Å². The highest BCUT2D eigenvalue weighted by Gasteiger charge is 2.35. The van der Waals surface area contributed by atoms with E-state index in [0.29, 0.717) is 32.7 Å². The topological polar surface area (TPSA) is 49.9 Å². The van der Waals surface area contributed by atoms with Crippen molar-refractivity contribution in [2.75, 3.05) is 33.3 Å². The van der Waals surface area contributed by atoms with Crippen LogP contribution in [0, 0.1) is 11.7 Å². The van der Waals surface area contributed by atoms with Crippen molar-refractivity contribution in [2.45, 2.75) is 25.4 Å². The highest BCUT2D eigenvalue weighted by atomic mass is 19.1. The summed E-state index contributed by atoms with van der Waals surface area (Å²) < 4.78 is 19.4. The summed E-state index contributed by atoms with van der Waals surface area (Å²) in [4.78, 5) is 29.4. The third kappa shape index (κ3) is 4.38. The van der Waals surface area contributed by atoms with E-state index in [2.05, 4.69) is 0 Å². The Labute approximate surface area is 176 Å². The predicted octanol–water partition coefficient (Wildman–Crippen LogP) is 3.13. The lowest BCUT2D eigenvalue weighted by molar-refractivity contribution is -0.141. The summed E-state index contributed by atoms with van der Waals surface area (Å²) in [6, 6.07) is 14.3. The first kappa shape index (κ1) is 20.5. The minimum absolute atomic E-state index is 0.0148. The molecule has 2 atom stereocenters. The van der Waals surface area contributed by atoms with Crippen LogP contribution in [0.15, 0.2) is 48.5 Å². The molecule has 2 aromatic carbocycles. The third-order valence-electron chi connectivity index (χ3n) is 6.01. The Bertz CT molecular complexity index is 926. The number of hydrogen-bond donors (Lipinski definition) is 0. The standard InChI is InChI=1S/C24H27FN2O3/c1-26-11-12-27(24(29)22-10-5-13-30-22)16-19(23(26)28)14-17-6-2-3-9-21(17)18-7-4-8-20(25)15-18/h2-4,6-9,15,19,22H,5,10-14,16H2,1H3/t19-,22+/m1/s1. The van der Waals surface area contributed by atoms with Crippen LogP contribution in [0.1, 0.15) is 18.4 Å². The van der Waals surface area contributed by atoms with E-state index in [1.54, 1.807) is 22.9 Å². The van der Waals surface area contributed by atoms with Crippen molar-refractivity contribution in [2.24, 2.45) is 5.92 Å². The summed E-state index contributed by atoms with van der Waals surface area (Å²) in [6.45, 7) is 2.02. The molecule has 5 nitrogen and oxygen atoms in total. The number of nitrogens with zero attached hydrogens (tertiary/aromatic N) is 2. The molecule has 0 aromatic heterocycles. The van der Waals surface area contributed by atoms with Gasteiger partial charge in [-0.15, -0.1) is 0 Å². The zero-order chi connectivity index (χ0) is 21.1. The summed E-state index contributed by atoms with van der Waals surface area (Å²) in [6.07, 6.45) is 1.74. The zero-order valence-corrected chi connectivity index (χ0v) is 17.2. The maximum atomic E-state index is 13.8. The average Bonchev–Trinajstić information content (AvgIpc) is 3.25. The zero-order valence-electron chi connectivity index (χ0n) is 17.2. The van der Waals surface area contributed by atoms with Crippen LogP contribution in [0.25, 0.3) is 11.1 Å². The number of halogens is 1. The number of carbonyl (C=O) groups is 2. The number of amides is 2. The van der Waals surface area contributed by atoms with Crippen molar-refractivity contribution in [3.63, 3.8) is 0 Å². The Morgan fingerprint density at radius 3 is 2.77 bits per heavy atom. The summed E-state index contributed by atoms with van der Waals surface area (Å²) in [5, 5.41) is 0. The first-order valence-electron chi connectivity index (χ1n) is 10.5. The molecule has 0 saturated carbocycles. The lowest BCUT2D eigenvalue weighted by Gasteiger charge is -2.26. The lowest BCUT2D eigenvalue weighted by atomic mass is 9.91. The molecule has 4 rings (SSSR count). The Morgan fingerprint density at radius 2 is 2.00 bits per heavy atom. The predicted molar refractivity (Wildman–Crippen MR) is 112 cm³/mol. The second-order valence-corrected chi connectivity index (χ2v) is 8.11. The van der Waals surface area contributed by atoms with Crippen molar-refractivity contribution in [1.29, 1.82) is 0 Å². The smallest absolute Gasteiger partial charge is 0.251 e. The van der Waals surface area contributed by atoms with Crippen LogP contribution in [-0.2, 0) is 20.7 Å². The number of likely N-dealkylation sites (N-methyl/N-ethyl adjacent to an activating group) is 1. The van der Waals surface area contributed by atoms with E-state index in [1.807, 2.05) is 30.3 Å². The molecule has 2 aliphatic rings. The van der Waals surface area contributed by atoms with Crippen LogP contribution in [0.2, 0.25) is 0 Å². The van der Waals surface area contributed by atoms with Crippen LogP contribution >= 0.6 is 0 Å². The molecule has 0 radical (unpaired) electrons. The Hall–Kier alpha value is -2.73. The normalized spacial score (nSPS) is 22.3. The highest BCUT2D eigenvalue weighted by molar-refractivity contribution is 5.84. The van der Waals surface area contributed by atoms with Gasteiger partial charge in [-0.3, -0.25) is 9.59 Å². The maximum Gasteiger partial charge on any atom is 0.251 e. The van der Waals surface area contributed by atoms with E-state index in [1.165, 1.54) is 12.1 Å². The van der Waals surface area contributed by atoms with E-state index in [9.17, 15) is 14.0 Å². The van der Waals surface area contributed by atoms with Gasteiger partial charge in [0.2, 0.25) is 5.91 Å². The first-order valence-corrected chi connectivity index (χ1v) is 10.5. The Kier molecular flexibility index (Phi) is 6.13. The van der Waals surface area contributed by atoms with Crippen LogP contribution in [0.4, 0.5) is 4.39 Å². The molecule has 0 N–H and O–H groups in total. The monoisotopic (exact) mass is 410 g/mol.